The number of hydrogen-bond donors (Lipinski definition) is 3. The lowest BCUT2D eigenvalue weighted by Crippen LogP contribution is -2.31. The molecule has 10 heteroatoms. The van der Waals surface area contributed by atoms with E-state index in [4.69, 9.17) is 11.6 Å². The van der Waals surface area contributed by atoms with E-state index in [1.807, 2.05) is 73.1 Å². The summed E-state index contributed by atoms with van der Waals surface area (Å²) < 4.78 is 41.8. The zero-order chi connectivity index (χ0) is 27.0. The lowest BCUT2D eigenvalue weighted by Gasteiger charge is -2.26. The Morgan fingerprint density at radius 1 is 1.05 bits per heavy atom. The van der Waals surface area contributed by atoms with Crippen molar-refractivity contribution in [2.75, 3.05) is 11.3 Å². The van der Waals surface area contributed by atoms with E-state index >= 15 is 0 Å². The molecule has 2 aromatic heterocycles. The molecule has 0 amide bonds. The third kappa shape index (κ3) is 4.75. The number of alkyl halides is 3. The highest BCUT2D eigenvalue weighted by Gasteiger charge is 2.34. The summed E-state index contributed by atoms with van der Waals surface area (Å²) in [7, 11) is 0. The minimum absolute atomic E-state index is 0.177. The molecule has 0 radical (unpaired) electrons. The number of hydrazine groups is 1. The first-order chi connectivity index (χ1) is 18.2. The lowest BCUT2D eigenvalue weighted by molar-refractivity contribution is -0.141. The van der Waals surface area contributed by atoms with Crippen molar-refractivity contribution < 1.29 is 13.2 Å². The quantitative estimate of drug-likeness (QED) is 0.128. The summed E-state index contributed by atoms with van der Waals surface area (Å²) in [6.45, 7) is 1.52. The number of imidazole rings is 1. The van der Waals surface area contributed by atoms with Crippen molar-refractivity contribution in [1.29, 1.82) is 0 Å². The van der Waals surface area contributed by atoms with Gasteiger partial charge in [0.15, 0.2) is 5.69 Å². The Balaban J connectivity index is 1.68. The van der Waals surface area contributed by atoms with E-state index < -0.39 is 11.9 Å². The minimum atomic E-state index is -4.58. The number of fused-ring (bicyclic) bond motifs is 1. The molecule has 0 spiro atoms. The van der Waals surface area contributed by atoms with Crippen LogP contribution >= 0.6 is 11.8 Å². The summed E-state index contributed by atoms with van der Waals surface area (Å²) in [4.78, 5) is 7.98. The average molecular weight is 535 g/mol. The Hall–Kier alpha value is -4.15. The monoisotopic (exact) mass is 534 g/mol. The van der Waals surface area contributed by atoms with Crippen LogP contribution in [-0.4, -0.2) is 20.8 Å². The Kier molecular flexibility index (Phi) is 6.68. The van der Waals surface area contributed by atoms with Crippen LogP contribution in [0.15, 0.2) is 90.2 Å². The number of benzene rings is 3. The smallest absolute Gasteiger partial charge is 0.403 e. The second-order valence-electron chi connectivity index (χ2n) is 8.68. The number of hydrogen-bond acceptors (Lipinski definition) is 5. The summed E-state index contributed by atoms with van der Waals surface area (Å²) in [5.41, 5.74) is 9.96. The maximum atomic E-state index is 13.5. The molecule has 0 bridgehead atoms. The number of nitrogens with zero attached hydrogens (tertiary/aromatic N) is 3. The van der Waals surface area contributed by atoms with E-state index in [0.29, 0.717) is 17.1 Å². The molecule has 5 N–H and O–H groups in total. The van der Waals surface area contributed by atoms with Crippen LogP contribution in [0, 0.1) is 6.92 Å². The number of aromatic amines is 1. The molecule has 5 aromatic rings. The van der Waals surface area contributed by atoms with Crippen molar-refractivity contribution in [3.63, 3.8) is 0 Å². The summed E-state index contributed by atoms with van der Waals surface area (Å²) in [6.07, 6.45) is 1.62. The van der Waals surface area contributed by atoms with Gasteiger partial charge in [-0.15, -0.1) is 11.8 Å². The predicted molar refractivity (Wildman–Crippen MR) is 148 cm³/mol. The maximum Gasteiger partial charge on any atom is 0.434 e. The standard InChI is InChI=1S/C28H25F3N6S/c1-17-35-27(28(29,30)31)16-36(17)24-9-7-19(18-4-3-5-22(13-18)38-2)14-25(24)37(33)26(15-32)21-6-8-23-20(12-21)10-11-34-23/h3-16,34H,32-33H2,1-2H3/b26-15-. The zero-order valence-electron chi connectivity index (χ0n) is 20.6. The normalized spacial score (nSPS) is 12.3. The number of H-pyrrole nitrogens is 1. The number of nitrogens with one attached hydrogen (secondary N) is 1. The van der Waals surface area contributed by atoms with Gasteiger partial charge in [0.05, 0.1) is 17.1 Å². The fourth-order valence-electron chi connectivity index (χ4n) is 4.41. The largest absolute Gasteiger partial charge is 0.434 e. The van der Waals surface area contributed by atoms with Crippen LogP contribution in [0.25, 0.3) is 33.4 Å². The third-order valence-electron chi connectivity index (χ3n) is 6.34. The van der Waals surface area contributed by atoms with E-state index in [9.17, 15) is 13.2 Å². The highest BCUT2D eigenvalue weighted by molar-refractivity contribution is 7.98. The lowest BCUT2D eigenvalue weighted by atomic mass is 10.0. The van der Waals surface area contributed by atoms with Crippen LogP contribution in [-0.2, 0) is 6.18 Å². The highest BCUT2D eigenvalue weighted by atomic mass is 32.2. The molecule has 3 aromatic carbocycles. The Morgan fingerprint density at radius 2 is 1.84 bits per heavy atom. The molecule has 0 saturated heterocycles. The van der Waals surface area contributed by atoms with Crippen molar-refractivity contribution in [1.82, 2.24) is 14.5 Å². The summed E-state index contributed by atoms with van der Waals surface area (Å²) in [6, 6.07) is 21.1. The molecule has 6 nitrogen and oxygen atoms in total. The fraction of sp³-hybridized carbons (Fsp3) is 0.107. The van der Waals surface area contributed by atoms with Crippen molar-refractivity contribution in [3.8, 4) is 16.8 Å². The van der Waals surface area contributed by atoms with E-state index in [1.165, 1.54) is 22.7 Å². The van der Waals surface area contributed by atoms with Gasteiger partial charge in [-0.1, -0.05) is 24.3 Å². The molecule has 0 aliphatic rings. The van der Waals surface area contributed by atoms with Gasteiger partial charge in [0, 0.05) is 40.0 Å². The number of nitrogens with two attached hydrogens (primary N) is 2. The maximum absolute atomic E-state index is 13.5. The molecule has 38 heavy (non-hydrogen) atoms. The second kappa shape index (κ2) is 9.96. The average Bonchev–Trinajstić information content (AvgIpc) is 3.55. The first-order valence-corrected chi connectivity index (χ1v) is 12.9. The Labute approximate surface area is 221 Å². The molecule has 194 valence electrons. The van der Waals surface area contributed by atoms with Crippen LogP contribution in [0.2, 0.25) is 0 Å². The van der Waals surface area contributed by atoms with Gasteiger partial charge in [-0.05, 0) is 66.8 Å². The first kappa shape index (κ1) is 25.5. The molecule has 2 heterocycles. The topological polar surface area (TPSA) is 88.9 Å². The highest BCUT2D eigenvalue weighted by Crippen LogP contribution is 2.37. The van der Waals surface area contributed by atoms with Crippen LogP contribution in [0.5, 0.6) is 0 Å². The van der Waals surface area contributed by atoms with Gasteiger partial charge >= 0.3 is 6.18 Å². The predicted octanol–water partition coefficient (Wildman–Crippen LogP) is 6.71. The fourth-order valence-corrected chi connectivity index (χ4v) is 4.87. The van der Waals surface area contributed by atoms with Crippen molar-refractivity contribution in [2.45, 2.75) is 18.0 Å². The molecular formula is C28H25F3N6S. The molecule has 0 saturated carbocycles. The third-order valence-corrected chi connectivity index (χ3v) is 7.06. The molecule has 0 fully saturated rings. The van der Waals surface area contributed by atoms with Gasteiger partial charge in [-0.2, -0.15) is 13.2 Å². The molecule has 0 unspecified atom stereocenters. The van der Waals surface area contributed by atoms with Crippen LogP contribution in [0.1, 0.15) is 17.1 Å². The van der Waals surface area contributed by atoms with Gasteiger partial charge in [-0.25, -0.2) is 10.8 Å². The van der Waals surface area contributed by atoms with Gasteiger partial charge in [-0.3, -0.25) is 5.01 Å². The van der Waals surface area contributed by atoms with Crippen LogP contribution in [0.3, 0.4) is 0 Å². The van der Waals surface area contributed by atoms with E-state index in [1.54, 1.807) is 17.8 Å². The van der Waals surface area contributed by atoms with Gasteiger partial charge in [0.1, 0.15) is 5.82 Å². The van der Waals surface area contributed by atoms with Crippen molar-refractivity contribution >= 4 is 34.0 Å². The van der Waals surface area contributed by atoms with Gasteiger partial charge in [0.2, 0.25) is 0 Å². The first-order valence-electron chi connectivity index (χ1n) is 11.7. The Morgan fingerprint density at radius 3 is 2.55 bits per heavy atom. The number of anilines is 1. The van der Waals surface area contributed by atoms with Gasteiger partial charge < -0.3 is 15.3 Å². The number of aryl methyl sites for hydroxylation is 1. The molecule has 0 atom stereocenters. The van der Waals surface area contributed by atoms with Crippen molar-refractivity contribution in [3.05, 3.63) is 102 Å². The van der Waals surface area contributed by atoms with E-state index in [0.717, 1.165) is 38.7 Å². The summed E-state index contributed by atoms with van der Waals surface area (Å²) in [5.74, 6) is 6.88. The number of rotatable bonds is 6. The number of aromatic nitrogens is 3. The summed E-state index contributed by atoms with van der Waals surface area (Å²) >= 11 is 1.62. The van der Waals surface area contributed by atoms with E-state index in [2.05, 4.69) is 9.97 Å². The van der Waals surface area contributed by atoms with Gasteiger partial charge in [0.25, 0.3) is 0 Å². The minimum Gasteiger partial charge on any atom is -0.403 e. The second-order valence-corrected chi connectivity index (χ2v) is 9.56. The van der Waals surface area contributed by atoms with Crippen LogP contribution in [0.4, 0.5) is 18.9 Å². The molecule has 5 rings (SSSR count). The molecule has 0 aliphatic heterocycles. The van der Waals surface area contributed by atoms with Crippen molar-refractivity contribution in [2.24, 2.45) is 11.6 Å². The Bertz CT molecular complexity index is 1650. The molecule has 0 aliphatic carbocycles. The number of halogens is 3. The van der Waals surface area contributed by atoms with Crippen LogP contribution < -0.4 is 16.6 Å². The summed E-state index contributed by atoms with van der Waals surface area (Å²) in [5, 5.41) is 2.37. The zero-order valence-corrected chi connectivity index (χ0v) is 21.4. The molecular weight excluding hydrogens is 509 g/mol. The number of thioether (sulfide) groups is 1. The van der Waals surface area contributed by atoms with E-state index in [-0.39, 0.29) is 5.82 Å². The SMILES string of the molecule is CSc1cccc(-c2ccc(-n3cc(C(F)(F)F)nc3C)c(N(N)/C(=C\N)c3ccc4[nH]ccc4c3)c2)c1.